The van der Waals surface area contributed by atoms with E-state index in [4.69, 9.17) is 0 Å². The van der Waals surface area contributed by atoms with Crippen LogP contribution < -0.4 is 0 Å². The highest BCUT2D eigenvalue weighted by Crippen LogP contribution is 2.15. The molecule has 0 saturated heterocycles. The summed E-state index contributed by atoms with van der Waals surface area (Å²) >= 11 is 0. The van der Waals surface area contributed by atoms with E-state index in [1.165, 1.54) is 0 Å². The Hall–Kier alpha value is -1.18. The summed E-state index contributed by atoms with van der Waals surface area (Å²) in [5.74, 6) is 0. The first-order valence-corrected chi connectivity index (χ1v) is 3.67. The lowest BCUT2D eigenvalue weighted by Gasteiger charge is -1.98. The van der Waals surface area contributed by atoms with Gasteiger partial charge in [-0.25, -0.2) is 0 Å². The van der Waals surface area contributed by atoms with E-state index in [1.807, 2.05) is 32.9 Å². The first-order valence-electron chi connectivity index (χ1n) is 3.67. The highest BCUT2D eigenvalue weighted by atomic mass is 14.8. The van der Waals surface area contributed by atoms with Crippen molar-refractivity contribution in [2.24, 2.45) is 4.99 Å². The molecule has 1 aromatic rings. The summed E-state index contributed by atoms with van der Waals surface area (Å²) in [7, 11) is 0. The monoisotopic (exact) mass is 148 g/mol. The van der Waals surface area contributed by atoms with Crippen LogP contribution in [0.25, 0.3) is 0 Å². The summed E-state index contributed by atoms with van der Waals surface area (Å²) < 4.78 is 0. The van der Waals surface area contributed by atoms with Crippen LogP contribution in [0.1, 0.15) is 18.3 Å². The van der Waals surface area contributed by atoms with Gasteiger partial charge in [0.2, 0.25) is 0 Å². The normalized spacial score (nSPS) is 10.8. The van der Waals surface area contributed by atoms with Crippen molar-refractivity contribution in [3.63, 3.8) is 0 Å². The van der Waals surface area contributed by atoms with Gasteiger partial charge in [-0.2, -0.15) is 0 Å². The fourth-order valence-corrected chi connectivity index (χ4v) is 0.955. The molecule has 0 saturated carbocycles. The van der Waals surface area contributed by atoms with Gasteiger partial charge in [-0.15, -0.1) is 0 Å². The van der Waals surface area contributed by atoms with Crippen LogP contribution in [0, 0.1) is 13.8 Å². The number of aliphatic imine (C=N–C) groups is 1. The van der Waals surface area contributed by atoms with Crippen molar-refractivity contribution < 1.29 is 0 Å². The summed E-state index contributed by atoms with van der Waals surface area (Å²) in [4.78, 5) is 8.44. The molecule has 58 valence electrons. The second-order valence-corrected chi connectivity index (χ2v) is 2.44. The van der Waals surface area contributed by atoms with Crippen molar-refractivity contribution in [3.05, 3.63) is 23.5 Å². The second-order valence-electron chi connectivity index (χ2n) is 2.44. The van der Waals surface area contributed by atoms with Crippen molar-refractivity contribution in [3.8, 4) is 0 Å². The molecule has 0 spiro atoms. The molecule has 0 unspecified atom stereocenters. The van der Waals surface area contributed by atoms with Gasteiger partial charge >= 0.3 is 0 Å². The molecule has 0 N–H and O–H groups in total. The predicted octanol–water partition coefficient (Wildman–Crippen LogP) is 2.42. The smallest absolute Gasteiger partial charge is 0.0838 e. The molecule has 1 heterocycles. The van der Waals surface area contributed by atoms with Gasteiger partial charge in [0.25, 0.3) is 0 Å². The molecule has 1 rings (SSSR count). The van der Waals surface area contributed by atoms with Crippen molar-refractivity contribution in [2.45, 2.75) is 20.8 Å². The molecule has 0 radical (unpaired) electrons. The standard InChI is InChI=1S/C9H12N2/c1-4-10-9-6-5-7(2)11-8(9)3/h4-6H,1-3H3. The maximum atomic E-state index is 4.28. The lowest BCUT2D eigenvalue weighted by atomic mass is 10.3. The molecular weight excluding hydrogens is 136 g/mol. The Morgan fingerprint density at radius 2 is 2.09 bits per heavy atom. The third-order valence-electron chi connectivity index (χ3n) is 1.47. The van der Waals surface area contributed by atoms with Crippen LogP contribution in [0.5, 0.6) is 0 Å². The Bertz CT molecular complexity index is 277. The van der Waals surface area contributed by atoms with Crippen molar-refractivity contribution in [1.29, 1.82) is 0 Å². The Balaban J connectivity index is 3.09. The van der Waals surface area contributed by atoms with E-state index in [9.17, 15) is 0 Å². The molecule has 1 aromatic heterocycles. The minimum Gasteiger partial charge on any atom is -0.260 e. The van der Waals surface area contributed by atoms with Crippen molar-refractivity contribution in [1.82, 2.24) is 4.98 Å². The van der Waals surface area contributed by atoms with Crippen molar-refractivity contribution in [2.75, 3.05) is 0 Å². The van der Waals surface area contributed by atoms with Gasteiger partial charge < -0.3 is 0 Å². The Morgan fingerprint density at radius 3 is 2.64 bits per heavy atom. The number of rotatable bonds is 1. The summed E-state index contributed by atoms with van der Waals surface area (Å²) in [6.07, 6.45) is 1.78. The highest BCUT2D eigenvalue weighted by Gasteiger charge is 1.94. The van der Waals surface area contributed by atoms with E-state index >= 15 is 0 Å². The van der Waals surface area contributed by atoms with Crippen LogP contribution in [0.15, 0.2) is 17.1 Å². The van der Waals surface area contributed by atoms with Crippen LogP contribution in [-0.2, 0) is 0 Å². The third kappa shape index (κ3) is 1.87. The zero-order valence-electron chi connectivity index (χ0n) is 7.13. The van der Waals surface area contributed by atoms with E-state index in [0.717, 1.165) is 17.1 Å². The number of aryl methyl sites for hydroxylation is 2. The van der Waals surface area contributed by atoms with Gasteiger partial charge in [0.05, 0.1) is 11.4 Å². The summed E-state index contributed by atoms with van der Waals surface area (Å²) in [5.41, 5.74) is 2.98. The first kappa shape index (κ1) is 7.92. The molecule has 0 fully saturated rings. The van der Waals surface area contributed by atoms with Crippen LogP contribution >= 0.6 is 0 Å². The summed E-state index contributed by atoms with van der Waals surface area (Å²) in [6, 6.07) is 3.95. The maximum Gasteiger partial charge on any atom is 0.0838 e. The van der Waals surface area contributed by atoms with E-state index in [-0.39, 0.29) is 0 Å². The molecule has 0 amide bonds. The zero-order chi connectivity index (χ0) is 8.27. The van der Waals surface area contributed by atoms with Gasteiger partial charge in [0.1, 0.15) is 0 Å². The molecule has 0 aliphatic heterocycles. The zero-order valence-corrected chi connectivity index (χ0v) is 7.13. The summed E-state index contributed by atoms with van der Waals surface area (Å²) in [6.45, 7) is 5.85. The molecular formula is C9H12N2. The van der Waals surface area contributed by atoms with Crippen LogP contribution in [-0.4, -0.2) is 11.2 Å². The highest BCUT2D eigenvalue weighted by molar-refractivity contribution is 5.61. The van der Waals surface area contributed by atoms with Crippen molar-refractivity contribution >= 4 is 11.9 Å². The van der Waals surface area contributed by atoms with E-state index in [2.05, 4.69) is 9.98 Å². The Kier molecular flexibility index (Phi) is 2.36. The number of pyridine rings is 1. The molecule has 0 aliphatic rings. The fraction of sp³-hybridized carbons (Fsp3) is 0.333. The molecule has 0 atom stereocenters. The Labute approximate surface area is 67.0 Å². The van der Waals surface area contributed by atoms with Crippen LogP contribution in [0.2, 0.25) is 0 Å². The quantitative estimate of drug-likeness (QED) is 0.561. The molecule has 0 bridgehead atoms. The third-order valence-corrected chi connectivity index (χ3v) is 1.47. The fourth-order valence-electron chi connectivity index (χ4n) is 0.955. The Morgan fingerprint density at radius 1 is 1.36 bits per heavy atom. The summed E-state index contributed by atoms with van der Waals surface area (Å²) in [5, 5.41) is 0. The van der Waals surface area contributed by atoms with E-state index < -0.39 is 0 Å². The topological polar surface area (TPSA) is 25.2 Å². The van der Waals surface area contributed by atoms with Gasteiger partial charge in [-0.05, 0) is 32.9 Å². The first-order chi connectivity index (χ1) is 5.24. The predicted molar refractivity (Wildman–Crippen MR) is 47.5 cm³/mol. The van der Waals surface area contributed by atoms with Crippen LogP contribution in [0.3, 0.4) is 0 Å². The number of aromatic nitrogens is 1. The van der Waals surface area contributed by atoms with E-state index in [0.29, 0.717) is 0 Å². The molecule has 0 aromatic carbocycles. The number of nitrogens with zero attached hydrogens (tertiary/aromatic N) is 2. The second kappa shape index (κ2) is 3.28. The average Bonchev–Trinajstić information content (AvgIpc) is 1.95. The number of hydrogen-bond acceptors (Lipinski definition) is 2. The molecule has 2 nitrogen and oxygen atoms in total. The van der Waals surface area contributed by atoms with Gasteiger partial charge in [0, 0.05) is 11.9 Å². The minimum absolute atomic E-state index is 0.957. The molecule has 11 heavy (non-hydrogen) atoms. The SMILES string of the molecule is CC=Nc1ccc(C)nc1C. The van der Waals surface area contributed by atoms with Gasteiger partial charge in [-0.3, -0.25) is 9.98 Å². The van der Waals surface area contributed by atoms with Crippen LogP contribution in [0.4, 0.5) is 5.69 Å². The molecule has 2 heteroatoms. The van der Waals surface area contributed by atoms with Gasteiger partial charge in [-0.1, -0.05) is 0 Å². The molecule has 0 aliphatic carbocycles. The lowest BCUT2D eigenvalue weighted by Crippen LogP contribution is -1.84. The van der Waals surface area contributed by atoms with Gasteiger partial charge in [0.15, 0.2) is 0 Å². The number of hydrogen-bond donors (Lipinski definition) is 0. The minimum atomic E-state index is 0.957. The lowest BCUT2D eigenvalue weighted by molar-refractivity contribution is 1.12. The average molecular weight is 148 g/mol. The largest absolute Gasteiger partial charge is 0.260 e. The van der Waals surface area contributed by atoms with E-state index in [1.54, 1.807) is 6.21 Å². The maximum absolute atomic E-state index is 4.28.